The molecule has 0 saturated heterocycles. The van der Waals surface area contributed by atoms with Crippen LogP contribution in [0.3, 0.4) is 0 Å². The quantitative estimate of drug-likeness (QED) is 0.215. The van der Waals surface area contributed by atoms with Crippen LogP contribution in [0.1, 0.15) is 104 Å². The van der Waals surface area contributed by atoms with E-state index in [2.05, 4.69) is 26.0 Å². The van der Waals surface area contributed by atoms with Crippen molar-refractivity contribution in [1.82, 2.24) is 0 Å². The molecule has 2 unspecified atom stereocenters. The van der Waals surface area contributed by atoms with Gasteiger partial charge in [0.25, 0.3) is 0 Å². The summed E-state index contributed by atoms with van der Waals surface area (Å²) < 4.78 is 0. The Balaban J connectivity index is 4.30. The maximum atomic E-state index is 11.0. The largest absolute Gasteiger partial charge is 0.481 e. The molecule has 0 bridgehead atoms. The van der Waals surface area contributed by atoms with Gasteiger partial charge in [-0.2, -0.15) is 0 Å². The minimum Gasteiger partial charge on any atom is -0.481 e. The smallest absolute Gasteiger partial charge is 0.303 e. The lowest BCUT2D eigenvalue weighted by Crippen LogP contribution is -2.08. The van der Waals surface area contributed by atoms with Gasteiger partial charge in [0, 0.05) is 12.8 Å². The first-order valence-corrected chi connectivity index (χ1v) is 10.6. The Morgan fingerprint density at radius 2 is 1.08 bits per heavy atom. The molecular formula is C22H40O4. The molecule has 0 fully saturated rings. The molecule has 0 aliphatic rings. The van der Waals surface area contributed by atoms with Crippen molar-refractivity contribution in [2.24, 2.45) is 11.8 Å². The highest BCUT2D eigenvalue weighted by atomic mass is 16.4. The normalized spacial score (nSPS) is 13.8. The molecule has 0 aromatic rings. The second kappa shape index (κ2) is 17.1. The minimum atomic E-state index is -0.724. The monoisotopic (exact) mass is 368 g/mol. The Labute approximate surface area is 160 Å². The summed E-state index contributed by atoms with van der Waals surface area (Å²) >= 11 is 0. The Morgan fingerprint density at radius 1 is 0.692 bits per heavy atom. The topological polar surface area (TPSA) is 74.6 Å². The van der Waals surface area contributed by atoms with Crippen molar-refractivity contribution in [3.8, 4) is 0 Å². The Bertz CT molecular complexity index is 354. The summed E-state index contributed by atoms with van der Waals surface area (Å²) in [5.41, 5.74) is 0. The number of carboxylic acids is 2. The van der Waals surface area contributed by atoms with E-state index in [0.29, 0.717) is 0 Å². The lowest BCUT2D eigenvalue weighted by atomic mass is 9.92. The van der Waals surface area contributed by atoms with Gasteiger partial charge in [0.2, 0.25) is 0 Å². The van der Waals surface area contributed by atoms with Crippen LogP contribution in [-0.4, -0.2) is 22.2 Å². The summed E-state index contributed by atoms with van der Waals surface area (Å²) in [6.45, 7) is 4.35. The highest BCUT2D eigenvalue weighted by molar-refractivity contribution is 5.67. The van der Waals surface area contributed by atoms with Crippen LogP contribution in [-0.2, 0) is 9.59 Å². The second-order valence-corrected chi connectivity index (χ2v) is 7.57. The zero-order valence-electron chi connectivity index (χ0n) is 16.9. The fourth-order valence-corrected chi connectivity index (χ4v) is 3.40. The number of hydrogen-bond acceptors (Lipinski definition) is 2. The highest BCUT2D eigenvalue weighted by Gasteiger charge is 2.13. The van der Waals surface area contributed by atoms with E-state index in [1.54, 1.807) is 0 Å². The zero-order chi connectivity index (χ0) is 19.6. The van der Waals surface area contributed by atoms with Crippen LogP contribution in [0.15, 0.2) is 12.2 Å². The van der Waals surface area contributed by atoms with Gasteiger partial charge >= 0.3 is 11.9 Å². The maximum absolute atomic E-state index is 11.0. The second-order valence-electron chi connectivity index (χ2n) is 7.57. The third-order valence-electron chi connectivity index (χ3n) is 4.96. The van der Waals surface area contributed by atoms with E-state index in [0.717, 1.165) is 38.5 Å². The van der Waals surface area contributed by atoms with Crippen LogP contribution in [0.25, 0.3) is 0 Å². The van der Waals surface area contributed by atoms with Gasteiger partial charge in [-0.15, -0.1) is 0 Å². The van der Waals surface area contributed by atoms with Gasteiger partial charge in [-0.25, -0.2) is 0 Å². The Kier molecular flexibility index (Phi) is 16.2. The molecule has 26 heavy (non-hydrogen) atoms. The van der Waals surface area contributed by atoms with Crippen molar-refractivity contribution >= 4 is 11.9 Å². The van der Waals surface area contributed by atoms with Crippen LogP contribution in [0.5, 0.6) is 0 Å². The van der Waals surface area contributed by atoms with Gasteiger partial charge in [-0.1, -0.05) is 77.4 Å². The summed E-state index contributed by atoms with van der Waals surface area (Å²) in [6.07, 6.45) is 17.5. The number of hydrogen-bond donors (Lipinski definition) is 2. The molecule has 0 aromatic heterocycles. The van der Waals surface area contributed by atoms with Crippen molar-refractivity contribution in [3.63, 3.8) is 0 Å². The SMILES string of the molecule is CCCCCCC(C/C=C/CC(CCCCCC)CC(=O)O)CC(=O)O. The summed E-state index contributed by atoms with van der Waals surface area (Å²) in [5, 5.41) is 18.2. The fourth-order valence-electron chi connectivity index (χ4n) is 3.40. The van der Waals surface area contributed by atoms with E-state index < -0.39 is 11.9 Å². The van der Waals surface area contributed by atoms with E-state index in [1.165, 1.54) is 38.5 Å². The highest BCUT2D eigenvalue weighted by Crippen LogP contribution is 2.21. The molecule has 0 radical (unpaired) electrons. The molecular weight excluding hydrogens is 328 g/mol. The molecule has 4 nitrogen and oxygen atoms in total. The third-order valence-corrected chi connectivity index (χ3v) is 4.96. The number of allylic oxidation sites excluding steroid dienone is 2. The summed E-state index contributed by atoms with van der Waals surface area (Å²) in [5.74, 6) is -1.05. The number of unbranched alkanes of at least 4 members (excludes halogenated alkanes) is 6. The summed E-state index contributed by atoms with van der Waals surface area (Å²) in [4.78, 5) is 22.1. The average Bonchev–Trinajstić information content (AvgIpc) is 2.57. The third kappa shape index (κ3) is 16.2. The van der Waals surface area contributed by atoms with E-state index in [-0.39, 0.29) is 24.7 Å². The molecule has 0 aliphatic heterocycles. The molecule has 0 rings (SSSR count). The number of carbonyl (C=O) groups is 2. The Morgan fingerprint density at radius 3 is 1.38 bits per heavy atom. The Hall–Kier alpha value is -1.32. The molecule has 0 aromatic carbocycles. The standard InChI is InChI=1S/C22H40O4/c1-3-5-7-9-13-19(17-21(23)24)15-11-12-16-20(18-22(25)26)14-10-8-6-4-2/h11-12,19-20H,3-10,13-18H2,1-2H3,(H,23,24)(H,25,26)/b12-11+. The van der Waals surface area contributed by atoms with Crippen molar-refractivity contribution in [2.45, 2.75) is 104 Å². The van der Waals surface area contributed by atoms with Gasteiger partial charge in [0.05, 0.1) is 0 Å². The molecule has 2 N–H and O–H groups in total. The molecule has 2 atom stereocenters. The van der Waals surface area contributed by atoms with Gasteiger partial charge in [-0.05, 0) is 37.5 Å². The predicted molar refractivity (Wildman–Crippen MR) is 107 cm³/mol. The number of carboxylic acid groups (broad SMARTS) is 2. The molecule has 0 saturated carbocycles. The summed E-state index contributed by atoms with van der Waals surface area (Å²) in [6, 6.07) is 0. The van der Waals surface area contributed by atoms with Crippen LogP contribution >= 0.6 is 0 Å². The van der Waals surface area contributed by atoms with E-state index in [1.807, 2.05) is 0 Å². The van der Waals surface area contributed by atoms with Crippen LogP contribution in [0.2, 0.25) is 0 Å². The molecule has 152 valence electrons. The van der Waals surface area contributed by atoms with Crippen molar-refractivity contribution in [2.75, 3.05) is 0 Å². The predicted octanol–water partition coefficient (Wildman–Crippen LogP) is 6.45. The fraction of sp³-hybridized carbons (Fsp3) is 0.818. The first kappa shape index (κ1) is 24.7. The molecule has 0 heterocycles. The summed E-state index contributed by atoms with van der Waals surface area (Å²) in [7, 11) is 0. The van der Waals surface area contributed by atoms with Gasteiger partial charge in [-0.3, -0.25) is 9.59 Å². The number of aliphatic carboxylic acids is 2. The van der Waals surface area contributed by atoms with Gasteiger partial charge < -0.3 is 10.2 Å². The lowest BCUT2D eigenvalue weighted by Gasteiger charge is -2.14. The first-order valence-electron chi connectivity index (χ1n) is 10.6. The van der Waals surface area contributed by atoms with Crippen LogP contribution in [0.4, 0.5) is 0 Å². The van der Waals surface area contributed by atoms with Crippen molar-refractivity contribution in [3.05, 3.63) is 12.2 Å². The van der Waals surface area contributed by atoms with Crippen LogP contribution in [0, 0.1) is 11.8 Å². The molecule has 0 amide bonds. The van der Waals surface area contributed by atoms with Crippen LogP contribution < -0.4 is 0 Å². The van der Waals surface area contributed by atoms with E-state index in [9.17, 15) is 9.59 Å². The van der Waals surface area contributed by atoms with Gasteiger partial charge in [0.1, 0.15) is 0 Å². The van der Waals surface area contributed by atoms with E-state index >= 15 is 0 Å². The number of rotatable bonds is 18. The zero-order valence-corrected chi connectivity index (χ0v) is 16.9. The molecule has 0 aliphatic carbocycles. The van der Waals surface area contributed by atoms with Gasteiger partial charge in [0.15, 0.2) is 0 Å². The van der Waals surface area contributed by atoms with Crippen molar-refractivity contribution in [1.29, 1.82) is 0 Å². The average molecular weight is 369 g/mol. The lowest BCUT2D eigenvalue weighted by molar-refractivity contribution is -0.139. The molecule has 0 spiro atoms. The van der Waals surface area contributed by atoms with E-state index in [4.69, 9.17) is 10.2 Å². The molecule has 4 heteroatoms. The first-order chi connectivity index (χ1) is 12.5. The minimum absolute atomic E-state index is 0.197. The van der Waals surface area contributed by atoms with Crippen molar-refractivity contribution < 1.29 is 19.8 Å². The maximum Gasteiger partial charge on any atom is 0.303 e.